The standard InChI is InChI=1S/C19H25N3O2S/c1-14-6-5-9-16(12-14)24-11-10-18-21-22-19(25-18)20-17(23)13-15-7-3-2-4-8-15/h5-6,9,12,15H,2-4,7-8,10-11,13H2,1H3,(H,20,22,23). The first-order valence-corrected chi connectivity index (χ1v) is 9.82. The van der Waals surface area contributed by atoms with Crippen molar-refractivity contribution in [2.45, 2.75) is 51.9 Å². The number of nitrogens with one attached hydrogen (secondary N) is 1. The Bertz CT molecular complexity index is 695. The van der Waals surface area contributed by atoms with Crippen molar-refractivity contribution < 1.29 is 9.53 Å². The minimum Gasteiger partial charge on any atom is -0.493 e. The molecular weight excluding hydrogens is 334 g/mol. The van der Waals surface area contributed by atoms with Gasteiger partial charge in [0.05, 0.1) is 6.61 Å². The first kappa shape index (κ1) is 17.9. The summed E-state index contributed by atoms with van der Waals surface area (Å²) >= 11 is 1.43. The molecule has 0 unspecified atom stereocenters. The molecule has 25 heavy (non-hydrogen) atoms. The highest BCUT2D eigenvalue weighted by molar-refractivity contribution is 7.15. The van der Waals surface area contributed by atoms with Crippen LogP contribution in [0, 0.1) is 12.8 Å². The number of hydrogen-bond donors (Lipinski definition) is 1. The third-order valence-corrected chi connectivity index (χ3v) is 5.38. The van der Waals surface area contributed by atoms with Gasteiger partial charge in [0.25, 0.3) is 0 Å². The molecule has 1 aromatic carbocycles. The van der Waals surface area contributed by atoms with E-state index >= 15 is 0 Å². The van der Waals surface area contributed by atoms with Crippen LogP contribution in [0.2, 0.25) is 0 Å². The van der Waals surface area contributed by atoms with E-state index in [0.29, 0.717) is 30.5 Å². The maximum absolute atomic E-state index is 12.1. The molecule has 6 heteroatoms. The van der Waals surface area contributed by atoms with Crippen molar-refractivity contribution in [2.24, 2.45) is 5.92 Å². The maximum Gasteiger partial charge on any atom is 0.226 e. The van der Waals surface area contributed by atoms with Crippen LogP contribution in [-0.4, -0.2) is 22.7 Å². The summed E-state index contributed by atoms with van der Waals surface area (Å²) in [5.74, 6) is 1.46. The molecular formula is C19H25N3O2S. The molecule has 134 valence electrons. The van der Waals surface area contributed by atoms with Crippen LogP contribution < -0.4 is 10.1 Å². The number of hydrogen-bond acceptors (Lipinski definition) is 5. The number of anilines is 1. The average molecular weight is 359 g/mol. The van der Waals surface area contributed by atoms with Crippen LogP contribution in [0.3, 0.4) is 0 Å². The zero-order valence-electron chi connectivity index (χ0n) is 14.7. The number of rotatable bonds is 7. The molecule has 2 aromatic rings. The third kappa shape index (κ3) is 5.81. The van der Waals surface area contributed by atoms with Crippen molar-refractivity contribution in [1.29, 1.82) is 0 Å². The molecule has 1 aliphatic carbocycles. The van der Waals surface area contributed by atoms with E-state index in [1.807, 2.05) is 31.2 Å². The molecule has 1 amide bonds. The second-order valence-electron chi connectivity index (χ2n) is 6.67. The monoisotopic (exact) mass is 359 g/mol. The van der Waals surface area contributed by atoms with Crippen LogP contribution in [-0.2, 0) is 11.2 Å². The molecule has 0 atom stereocenters. The minimum absolute atomic E-state index is 0.0608. The van der Waals surface area contributed by atoms with Crippen molar-refractivity contribution in [3.8, 4) is 5.75 Å². The van der Waals surface area contributed by atoms with Crippen LogP contribution in [0.25, 0.3) is 0 Å². The smallest absolute Gasteiger partial charge is 0.226 e. The van der Waals surface area contributed by atoms with Crippen LogP contribution in [0.5, 0.6) is 5.75 Å². The first-order chi connectivity index (χ1) is 12.2. The fraction of sp³-hybridized carbons (Fsp3) is 0.526. The Hall–Kier alpha value is -1.95. The summed E-state index contributed by atoms with van der Waals surface area (Å²) in [6.45, 7) is 2.59. The van der Waals surface area contributed by atoms with Gasteiger partial charge < -0.3 is 10.1 Å². The van der Waals surface area contributed by atoms with Crippen molar-refractivity contribution in [3.05, 3.63) is 34.8 Å². The van der Waals surface area contributed by atoms with E-state index in [0.717, 1.165) is 10.8 Å². The number of nitrogens with zero attached hydrogens (tertiary/aromatic N) is 2. The number of aryl methyl sites for hydroxylation is 1. The average Bonchev–Trinajstić information content (AvgIpc) is 3.03. The van der Waals surface area contributed by atoms with Crippen LogP contribution in [0.1, 0.15) is 49.1 Å². The SMILES string of the molecule is Cc1cccc(OCCc2nnc(NC(=O)CC3CCCCC3)s2)c1. The van der Waals surface area contributed by atoms with Gasteiger partial charge >= 0.3 is 0 Å². The van der Waals surface area contributed by atoms with Crippen LogP contribution in [0.15, 0.2) is 24.3 Å². The number of benzene rings is 1. The Morgan fingerprint density at radius 3 is 2.92 bits per heavy atom. The Morgan fingerprint density at radius 2 is 2.12 bits per heavy atom. The number of carbonyl (C=O) groups excluding carboxylic acids is 1. The van der Waals surface area contributed by atoms with Crippen molar-refractivity contribution in [3.63, 3.8) is 0 Å². The van der Waals surface area contributed by atoms with Gasteiger partial charge in [0.1, 0.15) is 10.8 Å². The summed E-state index contributed by atoms with van der Waals surface area (Å²) < 4.78 is 5.73. The lowest BCUT2D eigenvalue weighted by Gasteiger charge is -2.20. The molecule has 1 heterocycles. The predicted molar refractivity (Wildman–Crippen MR) is 100 cm³/mol. The Balaban J connectivity index is 1.41. The fourth-order valence-corrected chi connectivity index (χ4v) is 3.93. The minimum atomic E-state index is 0.0608. The van der Waals surface area contributed by atoms with E-state index in [-0.39, 0.29) is 5.91 Å². The summed E-state index contributed by atoms with van der Waals surface area (Å²) in [7, 11) is 0. The summed E-state index contributed by atoms with van der Waals surface area (Å²) in [4.78, 5) is 12.1. The fourth-order valence-electron chi connectivity index (χ4n) is 3.19. The van der Waals surface area contributed by atoms with E-state index in [2.05, 4.69) is 15.5 Å². The normalized spacial score (nSPS) is 15.1. The molecule has 1 N–H and O–H groups in total. The number of ether oxygens (including phenoxy) is 1. The Morgan fingerprint density at radius 1 is 1.28 bits per heavy atom. The van der Waals surface area contributed by atoms with Crippen molar-refractivity contribution >= 4 is 22.4 Å². The van der Waals surface area contributed by atoms with Crippen LogP contribution >= 0.6 is 11.3 Å². The molecule has 0 bridgehead atoms. The summed E-state index contributed by atoms with van der Waals surface area (Å²) in [6, 6.07) is 7.98. The van der Waals surface area contributed by atoms with Gasteiger partial charge in [-0.05, 0) is 43.4 Å². The molecule has 0 saturated heterocycles. The molecule has 1 aliphatic rings. The second kappa shape index (κ2) is 8.94. The van der Waals surface area contributed by atoms with Gasteiger partial charge in [-0.2, -0.15) is 0 Å². The van der Waals surface area contributed by atoms with E-state index in [9.17, 15) is 4.79 Å². The zero-order chi connectivity index (χ0) is 17.5. The molecule has 0 aliphatic heterocycles. The van der Waals surface area contributed by atoms with Crippen molar-refractivity contribution in [2.75, 3.05) is 11.9 Å². The van der Waals surface area contributed by atoms with Gasteiger partial charge in [0.2, 0.25) is 11.0 Å². The van der Waals surface area contributed by atoms with Gasteiger partial charge in [0, 0.05) is 12.8 Å². The number of aromatic nitrogens is 2. The highest BCUT2D eigenvalue weighted by Gasteiger charge is 2.18. The Kier molecular flexibility index (Phi) is 6.39. The molecule has 5 nitrogen and oxygen atoms in total. The highest BCUT2D eigenvalue weighted by Crippen LogP contribution is 2.27. The van der Waals surface area contributed by atoms with Gasteiger partial charge in [0.15, 0.2) is 0 Å². The lowest BCUT2D eigenvalue weighted by atomic mass is 9.87. The molecule has 3 rings (SSSR count). The van der Waals surface area contributed by atoms with Gasteiger partial charge in [-0.3, -0.25) is 4.79 Å². The second-order valence-corrected chi connectivity index (χ2v) is 7.73. The first-order valence-electron chi connectivity index (χ1n) is 9.01. The lowest BCUT2D eigenvalue weighted by molar-refractivity contribution is -0.117. The largest absolute Gasteiger partial charge is 0.493 e. The predicted octanol–water partition coefficient (Wildman–Crippen LogP) is 4.38. The number of carbonyl (C=O) groups is 1. The third-order valence-electron chi connectivity index (χ3n) is 4.49. The van der Waals surface area contributed by atoms with Gasteiger partial charge in [-0.1, -0.05) is 42.7 Å². The molecule has 1 saturated carbocycles. The van der Waals surface area contributed by atoms with Crippen molar-refractivity contribution in [1.82, 2.24) is 10.2 Å². The number of amides is 1. The molecule has 0 radical (unpaired) electrons. The van der Waals surface area contributed by atoms with Crippen LogP contribution in [0.4, 0.5) is 5.13 Å². The van der Waals surface area contributed by atoms with Gasteiger partial charge in [-0.15, -0.1) is 10.2 Å². The molecule has 0 spiro atoms. The summed E-state index contributed by atoms with van der Waals surface area (Å²) in [5, 5.41) is 12.6. The summed E-state index contributed by atoms with van der Waals surface area (Å²) in [6.07, 6.45) is 7.44. The van der Waals surface area contributed by atoms with E-state index < -0.39 is 0 Å². The highest BCUT2D eigenvalue weighted by atomic mass is 32.1. The van der Waals surface area contributed by atoms with E-state index in [1.54, 1.807) is 0 Å². The zero-order valence-corrected chi connectivity index (χ0v) is 15.5. The van der Waals surface area contributed by atoms with E-state index in [1.165, 1.54) is 49.0 Å². The van der Waals surface area contributed by atoms with Gasteiger partial charge in [-0.25, -0.2) is 0 Å². The lowest BCUT2D eigenvalue weighted by Crippen LogP contribution is -2.18. The maximum atomic E-state index is 12.1. The molecule has 1 fully saturated rings. The Labute approximate surface area is 152 Å². The quantitative estimate of drug-likeness (QED) is 0.797. The summed E-state index contributed by atoms with van der Waals surface area (Å²) in [5.41, 5.74) is 1.18. The topological polar surface area (TPSA) is 64.1 Å². The van der Waals surface area contributed by atoms with E-state index in [4.69, 9.17) is 4.74 Å². The molecule has 1 aromatic heterocycles.